The van der Waals surface area contributed by atoms with Gasteiger partial charge < -0.3 is 14.8 Å². The number of carbonyl (C=O) groups excluding carboxylic acids is 1. The number of anilines is 1. The summed E-state index contributed by atoms with van der Waals surface area (Å²) in [6.07, 6.45) is 0. The normalized spacial score (nSPS) is 11.6. The van der Waals surface area contributed by atoms with Crippen molar-refractivity contribution in [3.63, 3.8) is 0 Å². The van der Waals surface area contributed by atoms with Crippen molar-refractivity contribution in [3.8, 4) is 11.5 Å². The van der Waals surface area contributed by atoms with Gasteiger partial charge in [0.15, 0.2) is 0 Å². The van der Waals surface area contributed by atoms with E-state index in [1.165, 1.54) is 56.7 Å². The van der Waals surface area contributed by atoms with Crippen molar-refractivity contribution in [3.05, 3.63) is 83.7 Å². The second-order valence-electron chi connectivity index (χ2n) is 6.85. The zero-order valence-electron chi connectivity index (χ0n) is 18.1. The van der Waals surface area contributed by atoms with E-state index in [-0.39, 0.29) is 16.6 Å². The summed E-state index contributed by atoms with van der Waals surface area (Å²) in [6.45, 7) is 1.64. The zero-order valence-corrected chi connectivity index (χ0v) is 18.9. The predicted molar refractivity (Wildman–Crippen MR) is 123 cm³/mol. The Hall–Kier alpha value is -3.92. The van der Waals surface area contributed by atoms with Crippen molar-refractivity contribution >= 4 is 27.3 Å². The van der Waals surface area contributed by atoms with Gasteiger partial charge in [0.2, 0.25) is 0 Å². The molecule has 3 rings (SSSR count). The topological polar surface area (TPSA) is 106 Å². The quantitative estimate of drug-likeness (QED) is 0.384. The van der Waals surface area contributed by atoms with E-state index in [9.17, 15) is 17.6 Å². The summed E-state index contributed by atoms with van der Waals surface area (Å²) in [5.41, 5.74) is 1.88. The van der Waals surface area contributed by atoms with Gasteiger partial charge in [-0.3, -0.25) is 4.79 Å². The monoisotopic (exact) mass is 471 g/mol. The molecule has 1 amide bonds. The van der Waals surface area contributed by atoms with Crippen LogP contribution in [0, 0.1) is 5.82 Å². The fourth-order valence-corrected chi connectivity index (χ4v) is 3.85. The first-order valence-electron chi connectivity index (χ1n) is 9.69. The molecule has 0 saturated carbocycles. The number of hydrogen-bond acceptors (Lipinski definition) is 6. The number of hydrazone groups is 1. The summed E-state index contributed by atoms with van der Waals surface area (Å²) in [6, 6.07) is 16.2. The molecule has 0 heterocycles. The first kappa shape index (κ1) is 23.7. The highest BCUT2D eigenvalue weighted by Crippen LogP contribution is 2.28. The van der Waals surface area contributed by atoms with Gasteiger partial charge in [0.05, 0.1) is 19.9 Å². The molecule has 3 aromatic rings. The van der Waals surface area contributed by atoms with E-state index in [0.29, 0.717) is 28.3 Å². The number of carbonyl (C=O) groups is 1. The Morgan fingerprint density at radius 3 is 2.15 bits per heavy atom. The van der Waals surface area contributed by atoms with E-state index < -0.39 is 15.8 Å². The summed E-state index contributed by atoms with van der Waals surface area (Å²) >= 11 is 0. The Labute approximate surface area is 191 Å². The molecule has 3 aromatic carbocycles. The first-order valence-corrected chi connectivity index (χ1v) is 11.2. The van der Waals surface area contributed by atoms with E-state index in [4.69, 9.17) is 9.47 Å². The first-order chi connectivity index (χ1) is 15.7. The molecule has 33 heavy (non-hydrogen) atoms. The minimum atomic E-state index is -3.99. The van der Waals surface area contributed by atoms with Gasteiger partial charge in [-0.1, -0.05) is 12.1 Å². The summed E-state index contributed by atoms with van der Waals surface area (Å²) in [5, 5.41) is 6.68. The van der Waals surface area contributed by atoms with Gasteiger partial charge >= 0.3 is 0 Å². The third-order valence-electron chi connectivity index (χ3n) is 4.66. The van der Waals surface area contributed by atoms with Gasteiger partial charge in [0, 0.05) is 17.3 Å². The molecule has 8 nitrogen and oxygen atoms in total. The molecule has 0 saturated heterocycles. The lowest BCUT2D eigenvalue weighted by atomic mass is 10.1. The molecular formula is C23H22FN3O5S. The van der Waals surface area contributed by atoms with Gasteiger partial charge in [0.25, 0.3) is 15.9 Å². The fourth-order valence-electron chi connectivity index (χ4n) is 2.84. The van der Waals surface area contributed by atoms with Crippen LogP contribution in [0.4, 0.5) is 10.1 Å². The van der Waals surface area contributed by atoms with Crippen LogP contribution in [0.25, 0.3) is 0 Å². The molecule has 10 heteroatoms. The largest absolute Gasteiger partial charge is 0.497 e. The lowest BCUT2D eigenvalue weighted by Crippen LogP contribution is -2.20. The van der Waals surface area contributed by atoms with Gasteiger partial charge in [-0.05, 0) is 61.0 Å². The number of halogens is 1. The Bertz CT molecular complexity index is 1270. The maximum atomic E-state index is 13.0. The Balaban J connectivity index is 1.70. The number of rotatable bonds is 8. The van der Waals surface area contributed by atoms with Crippen LogP contribution in [0.3, 0.4) is 0 Å². The molecule has 0 aromatic heterocycles. The average molecular weight is 472 g/mol. The molecule has 0 atom stereocenters. The van der Waals surface area contributed by atoms with Gasteiger partial charge in [-0.15, -0.1) is 0 Å². The second kappa shape index (κ2) is 10.1. The van der Waals surface area contributed by atoms with Crippen molar-refractivity contribution < 1.29 is 27.1 Å². The van der Waals surface area contributed by atoms with Crippen molar-refractivity contribution in [2.45, 2.75) is 11.8 Å². The number of benzene rings is 3. The fraction of sp³-hybridized carbons (Fsp3) is 0.130. The molecule has 0 bridgehead atoms. The summed E-state index contributed by atoms with van der Waals surface area (Å²) in [4.78, 5) is 14.3. The minimum absolute atomic E-state index is 0.0822. The van der Waals surface area contributed by atoms with E-state index in [2.05, 4.69) is 15.2 Å². The molecule has 0 unspecified atom stereocenters. The summed E-state index contributed by atoms with van der Waals surface area (Å²) < 4.78 is 48.6. The third kappa shape index (κ3) is 5.86. The standard InChI is InChI=1S/C23H22FN3O5S/c1-15(26-27-33(29,30)22-13-12-20(31-2)14-21(22)32-3)16-6-10-19(11-7-16)25-23(28)17-4-8-18(24)9-5-17/h4-14,27H,1-3H3,(H,25,28). The predicted octanol–water partition coefficient (Wildman–Crippen LogP) is 3.80. The highest BCUT2D eigenvalue weighted by Gasteiger charge is 2.20. The molecule has 0 radical (unpaired) electrons. The highest BCUT2D eigenvalue weighted by atomic mass is 32.2. The lowest BCUT2D eigenvalue weighted by Gasteiger charge is -2.11. The Morgan fingerprint density at radius 1 is 0.909 bits per heavy atom. The number of sulfonamides is 1. The third-order valence-corrected chi connectivity index (χ3v) is 5.91. The Morgan fingerprint density at radius 2 is 1.55 bits per heavy atom. The zero-order chi connectivity index (χ0) is 24.0. The number of methoxy groups -OCH3 is 2. The maximum Gasteiger partial charge on any atom is 0.280 e. The van der Waals surface area contributed by atoms with Crippen LogP contribution in [-0.4, -0.2) is 34.3 Å². The molecule has 0 aliphatic carbocycles. The van der Waals surface area contributed by atoms with Crippen molar-refractivity contribution in [2.24, 2.45) is 5.10 Å². The van der Waals surface area contributed by atoms with E-state index in [1.807, 2.05) is 0 Å². The van der Waals surface area contributed by atoms with E-state index in [0.717, 1.165) is 0 Å². The lowest BCUT2D eigenvalue weighted by molar-refractivity contribution is 0.102. The van der Waals surface area contributed by atoms with Crippen LogP contribution in [0.5, 0.6) is 11.5 Å². The number of amides is 1. The maximum absolute atomic E-state index is 13.0. The van der Waals surface area contributed by atoms with Gasteiger partial charge in [0.1, 0.15) is 22.2 Å². The molecular weight excluding hydrogens is 449 g/mol. The molecule has 0 spiro atoms. The number of nitrogens with one attached hydrogen (secondary N) is 2. The molecule has 0 aliphatic rings. The van der Waals surface area contributed by atoms with Crippen LogP contribution < -0.4 is 19.6 Å². The Kier molecular flexibility index (Phi) is 7.29. The van der Waals surface area contributed by atoms with E-state index in [1.54, 1.807) is 31.2 Å². The van der Waals surface area contributed by atoms with E-state index >= 15 is 0 Å². The minimum Gasteiger partial charge on any atom is -0.497 e. The van der Waals surface area contributed by atoms with Crippen LogP contribution in [0.1, 0.15) is 22.8 Å². The van der Waals surface area contributed by atoms with Crippen LogP contribution in [0.2, 0.25) is 0 Å². The molecule has 172 valence electrons. The second-order valence-corrected chi connectivity index (χ2v) is 8.48. The summed E-state index contributed by atoms with van der Waals surface area (Å²) in [5.74, 6) is -0.228. The SMILES string of the molecule is COc1ccc(S(=O)(=O)NN=C(C)c2ccc(NC(=O)c3ccc(F)cc3)cc2)c(OC)c1. The van der Waals surface area contributed by atoms with Crippen LogP contribution in [-0.2, 0) is 10.0 Å². The van der Waals surface area contributed by atoms with Crippen molar-refractivity contribution in [1.29, 1.82) is 0 Å². The molecule has 0 fully saturated rings. The smallest absolute Gasteiger partial charge is 0.280 e. The molecule has 2 N–H and O–H groups in total. The molecule has 0 aliphatic heterocycles. The summed E-state index contributed by atoms with van der Waals surface area (Å²) in [7, 11) is -1.16. The van der Waals surface area contributed by atoms with Gasteiger partial charge in [-0.2, -0.15) is 18.4 Å². The number of hydrogen-bond donors (Lipinski definition) is 2. The average Bonchev–Trinajstić information content (AvgIpc) is 2.83. The highest BCUT2D eigenvalue weighted by molar-refractivity contribution is 7.89. The van der Waals surface area contributed by atoms with Crippen LogP contribution >= 0.6 is 0 Å². The van der Waals surface area contributed by atoms with Crippen molar-refractivity contribution in [2.75, 3.05) is 19.5 Å². The van der Waals surface area contributed by atoms with Gasteiger partial charge in [-0.25, -0.2) is 4.39 Å². The van der Waals surface area contributed by atoms with Crippen LogP contribution in [0.15, 0.2) is 76.7 Å². The van der Waals surface area contributed by atoms with Crippen molar-refractivity contribution in [1.82, 2.24) is 4.83 Å². The number of nitrogens with zero attached hydrogens (tertiary/aromatic N) is 1. The number of ether oxygens (including phenoxy) is 2.